The van der Waals surface area contributed by atoms with E-state index in [-0.39, 0.29) is 6.10 Å². The molecule has 0 aromatic heterocycles. The Labute approximate surface area is 110 Å². The molecule has 18 heavy (non-hydrogen) atoms. The largest absolute Gasteiger partial charge is 0.481 e. The van der Waals surface area contributed by atoms with Gasteiger partial charge in [-0.15, -0.1) is 0 Å². The van der Waals surface area contributed by atoms with Crippen LogP contribution in [0.5, 0.6) is 0 Å². The Morgan fingerprint density at radius 2 is 2.17 bits per heavy atom. The zero-order chi connectivity index (χ0) is 13.2. The standard InChI is InChI=1S/C15H26O3/c1-3-12-5-4-8-15(9-12,14(16)17)10-13-7-6-11(2)18-13/h11-13H,3-10H2,1-2H3,(H,16,17). The van der Waals surface area contributed by atoms with Gasteiger partial charge in [-0.3, -0.25) is 4.79 Å². The quantitative estimate of drug-likeness (QED) is 0.833. The number of carbonyl (C=O) groups is 1. The number of ether oxygens (including phenoxy) is 1. The SMILES string of the molecule is CCC1CCCC(CC2CCC(C)O2)(C(=O)O)C1. The first-order valence-electron chi connectivity index (χ1n) is 7.44. The van der Waals surface area contributed by atoms with Crippen LogP contribution < -0.4 is 0 Å². The van der Waals surface area contributed by atoms with Crippen LogP contribution in [0.15, 0.2) is 0 Å². The maximum absolute atomic E-state index is 11.8. The monoisotopic (exact) mass is 254 g/mol. The molecule has 4 atom stereocenters. The van der Waals surface area contributed by atoms with Gasteiger partial charge >= 0.3 is 5.97 Å². The molecule has 0 amide bonds. The van der Waals surface area contributed by atoms with Gasteiger partial charge in [-0.05, 0) is 44.9 Å². The van der Waals surface area contributed by atoms with E-state index in [1.807, 2.05) is 0 Å². The molecular weight excluding hydrogens is 228 g/mol. The second-order valence-corrected chi connectivity index (χ2v) is 6.31. The van der Waals surface area contributed by atoms with E-state index in [0.717, 1.165) is 44.9 Å². The highest BCUT2D eigenvalue weighted by molar-refractivity contribution is 5.74. The number of carboxylic acid groups (broad SMARTS) is 1. The Morgan fingerprint density at radius 1 is 1.39 bits per heavy atom. The lowest BCUT2D eigenvalue weighted by Gasteiger charge is -2.38. The highest BCUT2D eigenvalue weighted by atomic mass is 16.5. The molecule has 1 aliphatic carbocycles. The van der Waals surface area contributed by atoms with Crippen LogP contribution in [-0.2, 0) is 9.53 Å². The molecule has 0 aromatic rings. The summed E-state index contributed by atoms with van der Waals surface area (Å²) in [7, 11) is 0. The Balaban J connectivity index is 2.04. The lowest BCUT2D eigenvalue weighted by atomic mass is 9.66. The van der Waals surface area contributed by atoms with Gasteiger partial charge in [0.25, 0.3) is 0 Å². The van der Waals surface area contributed by atoms with Crippen LogP contribution in [0.25, 0.3) is 0 Å². The van der Waals surface area contributed by atoms with Gasteiger partial charge in [-0.2, -0.15) is 0 Å². The van der Waals surface area contributed by atoms with Crippen molar-refractivity contribution in [3.63, 3.8) is 0 Å². The van der Waals surface area contributed by atoms with Crippen molar-refractivity contribution in [2.24, 2.45) is 11.3 Å². The van der Waals surface area contributed by atoms with Gasteiger partial charge in [-0.1, -0.05) is 26.2 Å². The maximum Gasteiger partial charge on any atom is 0.309 e. The fourth-order valence-electron chi connectivity index (χ4n) is 3.77. The molecule has 2 fully saturated rings. The summed E-state index contributed by atoms with van der Waals surface area (Å²) in [5, 5.41) is 9.67. The fourth-order valence-corrected chi connectivity index (χ4v) is 3.77. The molecule has 0 aromatic carbocycles. The van der Waals surface area contributed by atoms with E-state index in [1.165, 1.54) is 6.42 Å². The van der Waals surface area contributed by atoms with Crippen molar-refractivity contribution in [1.82, 2.24) is 0 Å². The first kappa shape index (κ1) is 13.9. The van der Waals surface area contributed by atoms with Crippen LogP contribution in [0.2, 0.25) is 0 Å². The molecule has 4 unspecified atom stereocenters. The molecule has 2 aliphatic rings. The Kier molecular flexibility index (Phi) is 4.31. The highest BCUT2D eigenvalue weighted by Gasteiger charge is 2.45. The smallest absolute Gasteiger partial charge is 0.309 e. The Morgan fingerprint density at radius 3 is 2.72 bits per heavy atom. The van der Waals surface area contributed by atoms with Gasteiger partial charge in [0.1, 0.15) is 0 Å². The molecule has 3 heteroatoms. The van der Waals surface area contributed by atoms with Crippen LogP contribution in [0.3, 0.4) is 0 Å². The van der Waals surface area contributed by atoms with Crippen molar-refractivity contribution < 1.29 is 14.6 Å². The highest BCUT2D eigenvalue weighted by Crippen LogP contribution is 2.46. The molecule has 2 rings (SSSR count). The Bertz CT molecular complexity index is 302. The van der Waals surface area contributed by atoms with Crippen LogP contribution in [0.1, 0.15) is 65.2 Å². The van der Waals surface area contributed by atoms with Gasteiger partial charge in [0.2, 0.25) is 0 Å². The van der Waals surface area contributed by atoms with E-state index in [2.05, 4.69) is 13.8 Å². The molecular formula is C15H26O3. The van der Waals surface area contributed by atoms with Gasteiger partial charge in [-0.25, -0.2) is 0 Å². The molecule has 1 saturated heterocycles. The average molecular weight is 254 g/mol. The van der Waals surface area contributed by atoms with Crippen molar-refractivity contribution in [2.75, 3.05) is 0 Å². The van der Waals surface area contributed by atoms with Crippen molar-refractivity contribution in [2.45, 2.75) is 77.4 Å². The van der Waals surface area contributed by atoms with E-state index in [1.54, 1.807) is 0 Å². The van der Waals surface area contributed by atoms with Gasteiger partial charge < -0.3 is 9.84 Å². The lowest BCUT2D eigenvalue weighted by molar-refractivity contribution is -0.155. The summed E-state index contributed by atoms with van der Waals surface area (Å²) in [4.78, 5) is 11.8. The first-order valence-corrected chi connectivity index (χ1v) is 7.44. The van der Waals surface area contributed by atoms with E-state index < -0.39 is 11.4 Å². The van der Waals surface area contributed by atoms with Crippen LogP contribution in [0, 0.1) is 11.3 Å². The molecule has 1 saturated carbocycles. The molecule has 104 valence electrons. The predicted molar refractivity (Wildman–Crippen MR) is 70.5 cm³/mol. The molecule has 0 radical (unpaired) electrons. The molecule has 1 heterocycles. The predicted octanol–water partition coefficient (Wildman–Crippen LogP) is 3.62. The second kappa shape index (κ2) is 5.60. The van der Waals surface area contributed by atoms with Crippen molar-refractivity contribution in [3.8, 4) is 0 Å². The van der Waals surface area contributed by atoms with E-state index in [4.69, 9.17) is 4.74 Å². The zero-order valence-electron chi connectivity index (χ0n) is 11.7. The summed E-state index contributed by atoms with van der Waals surface area (Å²) in [6.07, 6.45) is 8.39. The Hall–Kier alpha value is -0.570. The summed E-state index contributed by atoms with van der Waals surface area (Å²) < 4.78 is 5.84. The minimum atomic E-state index is -0.594. The summed E-state index contributed by atoms with van der Waals surface area (Å²) >= 11 is 0. The second-order valence-electron chi connectivity index (χ2n) is 6.31. The van der Waals surface area contributed by atoms with E-state index in [0.29, 0.717) is 12.0 Å². The molecule has 0 bridgehead atoms. The van der Waals surface area contributed by atoms with Crippen LogP contribution in [-0.4, -0.2) is 23.3 Å². The number of rotatable bonds is 4. The van der Waals surface area contributed by atoms with Crippen molar-refractivity contribution in [3.05, 3.63) is 0 Å². The van der Waals surface area contributed by atoms with Gasteiger partial charge in [0.05, 0.1) is 17.6 Å². The molecule has 3 nitrogen and oxygen atoms in total. The van der Waals surface area contributed by atoms with E-state index in [9.17, 15) is 9.90 Å². The molecule has 1 aliphatic heterocycles. The molecule has 1 N–H and O–H groups in total. The molecule has 0 spiro atoms. The minimum Gasteiger partial charge on any atom is -0.481 e. The third-order valence-corrected chi connectivity index (χ3v) is 4.92. The average Bonchev–Trinajstić information content (AvgIpc) is 2.74. The third-order valence-electron chi connectivity index (χ3n) is 4.92. The number of carboxylic acids is 1. The summed E-state index contributed by atoms with van der Waals surface area (Å²) in [5.41, 5.74) is -0.506. The van der Waals surface area contributed by atoms with Crippen molar-refractivity contribution >= 4 is 5.97 Å². The third kappa shape index (κ3) is 2.87. The summed E-state index contributed by atoms with van der Waals surface area (Å²) in [6, 6.07) is 0. The minimum absolute atomic E-state index is 0.173. The van der Waals surface area contributed by atoms with Crippen LogP contribution in [0.4, 0.5) is 0 Å². The number of aliphatic carboxylic acids is 1. The number of hydrogen-bond acceptors (Lipinski definition) is 2. The summed E-state index contributed by atoms with van der Waals surface area (Å²) in [6.45, 7) is 4.26. The van der Waals surface area contributed by atoms with Gasteiger partial charge in [0.15, 0.2) is 0 Å². The van der Waals surface area contributed by atoms with Crippen molar-refractivity contribution in [1.29, 1.82) is 0 Å². The normalized spacial score (nSPS) is 40.9. The topological polar surface area (TPSA) is 46.5 Å². The van der Waals surface area contributed by atoms with Gasteiger partial charge in [0, 0.05) is 0 Å². The summed E-state index contributed by atoms with van der Waals surface area (Å²) in [5.74, 6) is -0.00233. The van der Waals surface area contributed by atoms with E-state index >= 15 is 0 Å². The fraction of sp³-hybridized carbons (Fsp3) is 0.933. The first-order chi connectivity index (χ1) is 8.55. The lowest BCUT2D eigenvalue weighted by Crippen LogP contribution is -2.39. The van der Waals surface area contributed by atoms with Crippen LogP contribution >= 0.6 is 0 Å². The maximum atomic E-state index is 11.8. The number of hydrogen-bond donors (Lipinski definition) is 1. The zero-order valence-corrected chi connectivity index (χ0v) is 11.7.